The number of aromatic amines is 1. The van der Waals surface area contributed by atoms with Gasteiger partial charge in [0.1, 0.15) is 12.0 Å². The molecule has 0 saturated carbocycles. The number of hydrogen-bond acceptors (Lipinski definition) is 3. The molecular formula is C24H24N4O. The van der Waals surface area contributed by atoms with Crippen molar-refractivity contribution < 1.29 is 0 Å². The van der Waals surface area contributed by atoms with Crippen molar-refractivity contribution in [2.45, 2.75) is 38.3 Å². The zero-order valence-corrected chi connectivity index (χ0v) is 16.6. The van der Waals surface area contributed by atoms with Crippen molar-refractivity contribution in [3.8, 4) is 0 Å². The highest BCUT2D eigenvalue weighted by Gasteiger charge is 2.39. The minimum Gasteiger partial charge on any atom is -0.321 e. The van der Waals surface area contributed by atoms with Crippen molar-refractivity contribution in [3.63, 3.8) is 0 Å². The topological polar surface area (TPSA) is 53.9 Å². The first kappa shape index (κ1) is 17.0. The van der Waals surface area contributed by atoms with E-state index in [1.165, 1.54) is 12.0 Å². The van der Waals surface area contributed by atoms with Gasteiger partial charge in [-0.1, -0.05) is 37.3 Å². The van der Waals surface area contributed by atoms with Crippen LogP contribution in [0.5, 0.6) is 0 Å². The van der Waals surface area contributed by atoms with Gasteiger partial charge in [0, 0.05) is 19.0 Å². The normalized spacial score (nSPS) is 23.4. The Morgan fingerprint density at radius 2 is 2.07 bits per heavy atom. The number of rotatable bonds is 2. The predicted octanol–water partition coefficient (Wildman–Crippen LogP) is 4.18. The summed E-state index contributed by atoms with van der Waals surface area (Å²) in [6.07, 6.45) is 3.11. The van der Waals surface area contributed by atoms with Gasteiger partial charge < -0.3 is 9.55 Å². The molecule has 29 heavy (non-hydrogen) atoms. The molecule has 1 fully saturated rings. The first-order valence-electron chi connectivity index (χ1n) is 10.6. The molecule has 4 heterocycles. The van der Waals surface area contributed by atoms with E-state index >= 15 is 0 Å². The summed E-state index contributed by atoms with van der Waals surface area (Å²) in [5.41, 5.74) is 5.11. The fraction of sp³-hybridized carbons (Fsp3) is 0.333. The zero-order valence-electron chi connectivity index (χ0n) is 16.6. The van der Waals surface area contributed by atoms with Crippen LogP contribution in [-0.4, -0.2) is 32.5 Å². The predicted molar refractivity (Wildman–Crippen MR) is 115 cm³/mol. The molecule has 2 aromatic carbocycles. The molecule has 0 spiro atoms. The number of fused-ring (bicyclic) bond motifs is 7. The van der Waals surface area contributed by atoms with Crippen LogP contribution in [0.15, 0.2) is 53.3 Å². The van der Waals surface area contributed by atoms with E-state index in [-0.39, 0.29) is 11.7 Å². The molecule has 0 aliphatic carbocycles. The summed E-state index contributed by atoms with van der Waals surface area (Å²) in [6, 6.07) is 16.7. The smallest absolute Gasteiger partial charge is 0.255 e. The van der Waals surface area contributed by atoms with Crippen molar-refractivity contribution in [1.82, 2.24) is 19.4 Å². The van der Waals surface area contributed by atoms with E-state index < -0.39 is 0 Å². The van der Waals surface area contributed by atoms with E-state index in [4.69, 9.17) is 4.98 Å². The summed E-state index contributed by atoms with van der Waals surface area (Å²) in [4.78, 5) is 24.0. The lowest BCUT2D eigenvalue weighted by molar-refractivity contribution is 0.0953. The number of hydrogen-bond donors (Lipinski definition) is 1. The second kappa shape index (κ2) is 6.29. The van der Waals surface area contributed by atoms with Gasteiger partial charge in [-0.05, 0) is 48.4 Å². The fourth-order valence-corrected chi connectivity index (χ4v) is 5.34. The van der Waals surface area contributed by atoms with Crippen LogP contribution in [0.3, 0.4) is 0 Å². The Balaban J connectivity index is 1.64. The van der Waals surface area contributed by atoms with Gasteiger partial charge in [-0.2, -0.15) is 0 Å². The largest absolute Gasteiger partial charge is 0.321 e. The molecule has 2 bridgehead atoms. The standard InChI is InChI=1S/C24H24N4O/c1-2-15-7-5-8-16-13-18(23(29)26-21(15)16)24-27-12-6-9-17(14-27)22-25-19-10-3-4-11-20(19)28(22)24/h3-5,7-8,10-11,13,17,24H,2,6,9,12,14H2,1H3,(H,26,29). The highest BCUT2D eigenvalue weighted by Crippen LogP contribution is 2.41. The Bertz CT molecular complexity index is 1300. The Labute approximate surface area is 169 Å². The Morgan fingerprint density at radius 1 is 1.17 bits per heavy atom. The molecule has 5 heteroatoms. The van der Waals surface area contributed by atoms with Crippen molar-refractivity contribution in [2.24, 2.45) is 0 Å². The minimum absolute atomic E-state index is 0.0103. The maximum absolute atomic E-state index is 13.3. The summed E-state index contributed by atoms with van der Waals surface area (Å²) < 4.78 is 2.32. The van der Waals surface area contributed by atoms with Gasteiger partial charge in [-0.3, -0.25) is 9.69 Å². The lowest BCUT2D eigenvalue weighted by atomic mass is 9.92. The van der Waals surface area contributed by atoms with E-state index in [9.17, 15) is 4.79 Å². The highest BCUT2D eigenvalue weighted by atomic mass is 16.1. The first-order valence-corrected chi connectivity index (χ1v) is 10.6. The first-order chi connectivity index (χ1) is 14.2. The molecule has 5 nitrogen and oxygen atoms in total. The number of piperidine rings is 1. The molecule has 2 aromatic heterocycles. The van der Waals surface area contributed by atoms with E-state index in [0.717, 1.165) is 59.3 Å². The third-order valence-electron chi connectivity index (χ3n) is 6.69. The number of nitrogens with zero attached hydrogens (tertiary/aromatic N) is 3. The molecule has 1 saturated heterocycles. The quantitative estimate of drug-likeness (QED) is 0.564. The van der Waals surface area contributed by atoms with Crippen LogP contribution in [-0.2, 0) is 6.42 Å². The molecule has 3 unspecified atom stereocenters. The van der Waals surface area contributed by atoms with Gasteiger partial charge in [0.25, 0.3) is 5.56 Å². The van der Waals surface area contributed by atoms with Crippen LogP contribution in [0, 0.1) is 0 Å². The van der Waals surface area contributed by atoms with E-state index in [2.05, 4.69) is 63.8 Å². The molecular weight excluding hydrogens is 360 g/mol. The number of imidazole rings is 1. The number of benzene rings is 2. The number of pyridine rings is 1. The highest BCUT2D eigenvalue weighted by molar-refractivity contribution is 5.82. The molecule has 4 aromatic rings. The summed E-state index contributed by atoms with van der Waals surface area (Å²) in [5, 5.41) is 1.10. The van der Waals surface area contributed by atoms with E-state index in [0.29, 0.717) is 5.92 Å². The molecule has 0 radical (unpaired) electrons. The van der Waals surface area contributed by atoms with Gasteiger partial charge in [-0.25, -0.2) is 4.98 Å². The molecule has 6 rings (SSSR count). The Kier molecular flexibility index (Phi) is 3.68. The molecule has 146 valence electrons. The number of aryl methyl sites for hydroxylation is 1. The van der Waals surface area contributed by atoms with Gasteiger partial charge in [-0.15, -0.1) is 0 Å². The number of H-pyrrole nitrogens is 1. The molecule has 2 aliphatic heterocycles. The average molecular weight is 384 g/mol. The van der Waals surface area contributed by atoms with Gasteiger partial charge >= 0.3 is 0 Å². The maximum Gasteiger partial charge on any atom is 0.255 e. The lowest BCUT2D eigenvalue weighted by Gasteiger charge is -2.44. The monoisotopic (exact) mass is 384 g/mol. The van der Waals surface area contributed by atoms with Gasteiger partial charge in [0.05, 0.1) is 22.1 Å². The summed E-state index contributed by atoms with van der Waals surface area (Å²) >= 11 is 0. The number of para-hydroxylation sites is 3. The fourth-order valence-electron chi connectivity index (χ4n) is 5.34. The van der Waals surface area contributed by atoms with Crippen molar-refractivity contribution in [1.29, 1.82) is 0 Å². The molecule has 1 N–H and O–H groups in total. The number of nitrogens with one attached hydrogen (secondary N) is 1. The lowest BCUT2D eigenvalue weighted by Crippen LogP contribution is -2.47. The summed E-state index contributed by atoms with van der Waals surface area (Å²) in [6.45, 7) is 4.11. The van der Waals surface area contributed by atoms with Crippen molar-refractivity contribution in [2.75, 3.05) is 13.1 Å². The van der Waals surface area contributed by atoms with E-state index in [1.54, 1.807) is 0 Å². The third kappa shape index (κ3) is 2.43. The third-order valence-corrected chi connectivity index (χ3v) is 6.69. The molecule has 3 atom stereocenters. The van der Waals surface area contributed by atoms with E-state index in [1.807, 2.05) is 6.07 Å². The Morgan fingerprint density at radius 3 is 2.97 bits per heavy atom. The van der Waals surface area contributed by atoms with Gasteiger partial charge in [0.15, 0.2) is 0 Å². The van der Waals surface area contributed by atoms with Crippen molar-refractivity contribution >= 4 is 21.9 Å². The van der Waals surface area contributed by atoms with Crippen LogP contribution in [0.25, 0.3) is 21.9 Å². The summed E-state index contributed by atoms with van der Waals surface area (Å²) in [5.74, 6) is 1.58. The van der Waals surface area contributed by atoms with Crippen molar-refractivity contribution in [3.05, 3.63) is 75.8 Å². The molecule has 0 amide bonds. The second-order valence-electron chi connectivity index (χ2n) is 8.33. The summed E-state index contributed by atoms with van der Waals surface area (Å²) in [7, 11) is 0. The molecule has 2 aliphatic rings. The second-order valence-corrected chi connectivity index (χ2v) is 8.33. The van der Waals surface area contributed by atoms with Crippen LogP contribution in [0.2, 0.25) is 0 Å². The zero-order chi connectivity index (χ0) is 19.5. The van der Waals surface area contributed by atoms with Crippen LogP contribution < -0.4 is 5.56 Å². The number of aromatic nitrogens is 3. The van der Waals surface area contributed by atoms with Crippen LogP contribution in [0.1, 0.15) is 48.8 Å². The Hall–Kier alpha value is -2.92. The maximum atomic E-state index is 13.3. The minimum atomic E-state index is -0.104. The average Bonchev–Trinajstić information content (AvgIpc) is 3.14. The van der Waals surface area contributed by atoms with Crippen LogP contribution in [0.4, 0.5) is 0 Å². The van der Waals surface area contributed by atoms with Gasteiger partial charge in [0.2, 0.25) is 0 Å². The van der Waals surface area contributed by atoms with Crippen LogP contribution >= 0.6 is 0 Å². The SMILES string of the molecule is CCc1cccc2cc(C3N4CCCC(C4)c4nc5ccccc5n43)c(=O)[nH]c12.